The largest absolute Gasteiger partial charge is 0.452 e. The molecule has 0 aliphatic carbocycles. The Kier molecular flexibility index (Phi) is 18.3. The second-order valence-corrected chi connectivity index (χ2v) is 13.3. The van der Waals surface area contributed by atoms with Crippen LogP contribution in [-0.2, 0) is 0 Å². The number of anilines is 6. The van der Waals surface area contributed by atoms with E-state index in [1.54, 1.807) is 42.5 Å². The molecule has 0 unspecified atom stereocenters. The first-order chi connectivity index (χ1) is 28.0. The molecule has 0 aliphatic heterocycles. The molecule has 0 amide bonds. The molecule has 58 heavy (non-hydrogen) atoms. The van der Waals surface area contributed by atoms with Gasteiger partial charge in [0.2, 0.25) is 17.8 Å². The van der Waals surface area contributed by atoms with Gasteiger partial charge in [-0.15, -0.1) is 0 Å². The minimum Gasteiger partial charge on any atom is -0.452 e. The third-order valence-corrected chi connectivity index (χ3v) is 8.04. The number of nitrogens with two attached hydrogens (primary N) is 3. The average molecular weight is 921 g/mol. The highest BCUT2D eigenvalue weighted by molar-refractivity contribution is 9.10. The summed E-state index contributed by atoms with van der Waals surface area (Å²) in [5.74, 6) is 4.50. The van der Waals surface area contributed by atoms with E-state index >= 15 is 0 Å². The Labute approximate surface area is 355 Å². The van der Waals surface area contributed by atoms with Crippen LogP contribution in [0.2, 0.25) is 15.1 Å². The molecule has 0 aliphatic rings. The van der Waals surface area contributed by atoms with Crippen LogP contribution in [0.3, 0.4) is 0 Å². The van der Waals surface area contributed by atoms with Gasteiger partial charge >= 0.3 is 0 Å². The van der Waals surface area contributed by atoms with Gasteiger partial charge in [-0.05, 0) is 66.7 Å². The normalized spacial score (nSPS) is 10.3. The zero-order chi connectivity index (χ0) is 41.9. The lowest BCUT2D eigenvalue weighted by molar-refractivity contribution is 0.310. The van der Waals surface area contributed by atoms with Crippen molar-refractivity contribution in [1.29, 1.82) is 0 Å². The van der Waals surface area contributed by atoms with Crippen molar-refractivity contribution < 1.29 is 29.5 Å². The molecule has 0 saturated carbocycles. The predicted molar refractivity (Wildman–Crippen MR) is 228 cm³/mol. The van der Waals surface area contributed by atoms with Gasteiger partial charge < -0.3 is 62.7 Å². The molecular formula is C36H38BrCl3N12O6. The van der Waals surface area contributed by atoms with E-state index in [0.717, 1.165) is 4.47 Å². The first-order valence-electron chi connectivity index (χ1n) is 16.9. The van der Waals surface area contributed by atoms with Crippen LogP contribution in [0.15, 0.2) is 89.8 Å². The summed E-state index contributed by atoms with van der Waals surface area (Å²) < 4.78 is 17.9. The van der Waals surface area contributed by atoms with Crippen LogP contribution >= 0.6 is 50.7 Å². The van der Waals surface area contributed by atoms with Crippen LogP contribution in [0.25, 0.3) is 0 Å². The van der Waals surface area contributed by atoms with Crippen molar-refractivity contribution in [2.45, 2.75) is 0 Å². The summed E-state index contributed by atoms with van der Waals surface area (Å²) in [5, 5.41) is 36.7. The van der Waals surface area contributed by atoms with Gasteiger partial charge in [0.1, 0.15) is 17.2 Å². The molecular weight excluding hydrogens is 883 g/mol. The summed E-state index contributed by atoms with van der Waals surface area (Å²) in [6.07, 6.45) is 4.38. The molecule has 306 valence electrons. The second kappa shape index (κ2) is 23.5. The standard InChI is InChI=1S/C12H13BrN4O2.C12H12Cl2N4O2.C12H13ClN4O2/c13-8-1-3-9(4-2-8)19-10-7-16-12(14)17-11(10)15-5-6-18;13-7-1-2-9(8(14)5-7)20-10-6-17-12(15)18-11(10)16-3-4-19;13-8-1-3-9(4-2-8)19-10-7-16-12(14)17-11(10)15-5-6-18/h1-4,7,18H,5-6H2,(H3,14,15,16,17);1-2,5-6,19H,3-4H2,(H3,15,16,17,18);1-4,7,18H,5-6H2,(H3,14,15,16,17). The number of ether oxygens (including phenoxy) is 3. The number of aliphatic hydroxyl groups excluding tert-OH is 3. The van der Waals surface area contributed by atoms with Gasteiger partial charge in [0.15, 0.2) is 34.7 Å². The molecule has 18 nitrogen and oxygen atoms in total. The van der Waals surface area contributed by atoms with Crippen molar-refractivity contribution in [3.8, 4) is 34.5 Å². The minimum absolute atomic E-state index is 0.0123. The maximum absolute atomic E-state index is 8.84. The van der Waals surface area contributed by atoms with Crippen molar-refractivity contribution >= 4 is 86.0 Å². The monoisotopic (exact) mass is 918 g/mol. The van der Waals surface area contributed by atoms with Crippen LogP contribution in [0.4, 0.5) is 35.3 Å². The zero-order valence-corrected chi connectivity index (χ0v) is 34.2. The van der Waals surface area contributed by atoms with Gasteiger partial charge in [0, 0.05) is 34.2 Å². The van der Waals surface area contributed by atoms with Crippen molar-refractivity contribution in [2.75, 3.05) is 72.6 Å². The molecule has 22 heteroatoms. The van der Waals surface area contributed by atoms with E-state index in [1.165, 1.54) is 18.6 Å². The number of nitrogens with one attached hydrogen (secondary N) is 3. The molecule has 6 rings (SSSR count). The SMILES string of the molecule is Nc1ncc(Oc2ccc(Br)cc2)c(NCCO)n1.Nc1ncc(Oc2ccc(Cl)cc2)c(NCCO)n1.Nc1ncc(Oc2ccc(Cl)cc2Cl)c(NCCO)n1. The fraction of sp³-hybridized carbons (Fsp3) is 0.167. The fourth-order valence-electron chi connectivity index (χ4n) is 4.22. The Hall–Kier alpha value is -5.67. The van der Waals surface area contributed by atoms with Crippen molar-refractivity contribution in [2.24, 2.45) is 0 Å². The summed E-state index contributed by atoms with van der Waals surface area (Å²) >= 11 is 21.0. The number of nitrogens with zero attached hydrogens (tertiary/aromatic N) is 6. The maximum atomic E-state index is 8.84. The Balaban J connectivity index is 0.000000193. The smallest absolute Gasteiger partial charge is 0.222 e. The lowest BCUT2D eigenvalue weighted by Gasteiger charge is -2.12. The Morgan fingerprint density at radius 1 is 0.517 bits per heavy atom. The molecule has 3 heterocycles. The quantitative estimate of drug-likeness (QED) is 0.0532. The van der Waals surface area contributed by atoms with E-state index in [-0.39, 0.29) is 37.7 Å². The topological polar surface area (TPSA) is 280 Å². The minimum atomic E-state index is -0.0505. The van der Waals surface area contributed by atoms with E-state index in [0.29, 0.717) is 86.7 Å². The second-order valence-electron chi connectivity index (χ2n) is 11.1. The summed E-state index contributed by atoms with van der Waals surface area (Å²) in [6.45, 7) is 0.915. The third kappa shape index (κ3) is 15.0. The van der Waals surface area contributed by atoms with E-state index in [4.69, 9.17) is 81.5 Å². The van der Waals surface area contributed by atoms with Gasteiger partial charge in [-0.25, -0.2) is 15.0 Å². The molecule has 12 N–H and O–H groups in total. The number of rotatable bonds is 15. The summed E-state index contributed by atoms with van der Waals surface area (Å²) in [5.41, 5.74) is 16.6. The molecule has 0 spiro atoms. The lowest BCUT2D eigenvalue weighted by Crippen LogP contribution is -2.09. The summed E-state index contributed by atoms with van der Waals surface area (Å²) in [7, 11) is 0. The molecule has 0 bridgehead atoms. The van der Waals surface area contributed by atoms with E-state index in [2.05, 4.69) is 61.8 Å². The number of benzene rings is 3. The molecule has 0 radical (unpaired) electrons. The van der Waals surface area contributed by atoms with Crippen LogP contribution in [-0.4, -0.2) is 84.7 Å². The highest BCUT2D eigenvalue weighted by Gasteiger charge is 2.12. The van der Waals surface area contributed by atoms with Gasteiger partial charge in [0.25, 0.3) is 0 Å². The molecule has 3 aromatic heterocycles. The number of hydrogen-bond acceptors (Lipinski definition) is 18. The van der Waals surface area contributed by atoms with Gasteiger partial charge in [-0.3, -0.25) is 0 Å². The van der Waals surface area contributed by atoms with Gasteiger partial charge in [-0.2, -0.15) is 15.0 Å². The van der Waals surface area contributed by atoms with E-state index in [1.807, 2.05) is 24.3 Å². The van der Waals surface area contributed by atoms with Crippen molar-refractivity contribution in [3.05, 3.63) is 105 Å². The number of aliphatic hydroxyl groups is 3. The molecule has 3 aromatic carbocycles. The van der Waals surface area contributed by atoms with Gasteiger partial charge in [-0.1, -0.05) is 50.7 Å². The first-order valence-corrected chi connectivity index (χ1v) is 18.8. The van der Waals surface area contributed by atoms with Crippen LogP contribution < -0.4 is 47.4 Å². The number of hydrogen-bond donors (Lipinski definition) is 9. The fourth-order valence-corrected chi connectivity index (χ4v) is 5.05. The highest BCUT2D eigenvalue weighted by Crippen LogP contribution is 2.34. The highest BCUT2D eigenvalue weighted by atomic mass is 79.9. The van der Waals surface area contributed by atoms with Crippen molar-refractivity contribution in [3.63, 3.8) is 0 Å². The number of halogens is 4. The Bertz CT molecular complexity index is 2100. The third-order valence-electron chi connectivity index (χ3n) is 6.73. The van der Waals surface area contributed by atoms with Crippen LogP contribution in [0.1, 0.15) is 0 Å². The predicted octanol–water partition coefficient (Wildman–Crippen LogP) is 6.49. The zero-order valence-electron chi connectivity index (χ0n) is 30.3. The average Bonchev–Trinajstić information content (AvgIpc) is 3.21. The first kappa shape index (κ1) is 45.0. The van der Waals surface area contributed by atoms with Crippen molar-refractivity contribution in [1.82, 2.24) is 29.9 Å². The summed E-state index contributed by atoms with van der Waals surface area (Å²) in [6, 6.07) is 19.1. The van der Waals surface area contributed by atoms with E-state index in [9.17, 15) is 0 Å². The summed E-state index contributed by atoms with van der Waals surface area (Å²) in [4.78, 5) is 23.7. The Morgan fingerprint density at radius 3 is 1.29 bits per heavy atom. The maximum Gasteiger partial charge on any atom is 0.222 e. The van der Waals surface area contributed by atoms with Crippen LogP contribution in [0, 0.1) is 0 Å². The molecule has 0 saturated heterocycles. The number of nitrogen functional groups attached to an aromatic ring is 3. The lowest BCUT2D eigenvalue weighted by atomic mass is 10.3. The molecule has 0 atom stereocenters. The number of aromatic nitrogens is 6. The molecule has 0 fully saturated rings. The Morgan fingerprint density at radius 2 is 0.897 bits per heavy atom. The van der Waals surface area contributed by atoms with Gasteiger partial charge in [0.05, 0.1) is 43.4 Å². The van der Waals surface area contributed by atoms with Crippen LogP contribution in [0.5, 0.6) is 34.5 Å². The van der Waals surface area contributed by atoms with E-state index < -0.39 is 0 Å². The molecule has 6 aromatic rings.